The first-order valence-corrected chi connectivity index (χ1v) is 7.32. The molecule has 1 aromatic heterocycles. The Morgan fingerprint density at radius 2 is 2.32 bits per heavy atom. The predicted octanol–water partition coefficient (Wildman–Crippen LogP) is 2.98. The van der Waals surface area contributed by atoms with Crippen molar-refractivity contribution >= 4 is 23.5 Å². The number of pyridine rings is 1. The van der Waals surface area contributed by atoms with Gasteiger partial charge in [-0.05, 0) is 31.7 Å². The first-order chi connectivity index (χ1) is 10.4. The average molecular weight is 327 g/mol. The lowest BCUT2D eigenvalue weighted by Crippen LogP contribution is -2.50. The van der Waals surface area contributed by atoms with Crippen molar-refractivity contribution in [3.05, 3.63) is 22.6 Å². The van der Waals surface area contributed by atoms with Crippen LogP contribution in [0.4, 0.5) is 15.0 Å². The van der Waals surface area contributed by atoms with Crippen LogP contribution in [0.5, 0.6) is 0 Å². The largest absolute Gasteiger partial charge is 0.465 e. The molecule has 8 heteroatoms. The van der Waals surface area contributed by atoms with E-state index in [0.29, 0.717) is 0 Å². The molecule has 0 unspecified atom stereocenters. The summed E-state index contributed by atoms with van der Waals surface area (Å²) in [6.07, 6.45) is 1.81. The molecule has 1 aliphatic carbocycles. The highest BCUT2D eigenvalue weighted by Crippen LogP contribution is 2.33. The van der Waals surface area contributed by atoms with Gasteiger partial charge in [0.25, 0.3) is 0 Å². The summed E-state index contributed by atoms with van der Waals surface area (Å²) in [6.45, 7) is 1.72. The number of carbonyl (C=O) groups is 1. The second kappa shape index (κ2) is 6.79. The smallest absolute Gasteiger partial charge is 0.404 e. The zero-order valence-corrected chi connectivity index (χ0v) is 12.7. The Balaban J connectivity index is 2.22. The summed E-state index contributed by atoms with van der Waals surface area (Å²) in [5, 5.41) is 22.9. The number of halogens is 2. The van der Waals surface area contributed by atoms with Crippen LogP contribution in [0.2, 0.25) is 5.15 Å². The molecule has 0 bridgehead atoms. The number of amides is 1. The molecule has 1 aromatic rings. The van der Waals surface area contributed by atoms with E-state index in [0.717, 1.165) is 25.3 Å². The van der Waals surface area contributed by atoms with Gasteiger partial charge in [0.05, 0.1) is 11.6 Å². The van der Waals surface area contributed by atoms with Crippen LogP contribution >= 0.6 is 11.6 Å². The van der Waals surface area contributed by atoms with Crippen LogP contribution in [0.15, 0.2) is 6.07 Å². The van der Waals surface area contributed by atoms with Gasteiger partial charge in [0, 0.05) is 6.04 Å². The number of nitrogens with one attached hydrogen (secondary N) is 2. The topological polar surface area (TPSA) is 98.0 Å². The molecule has 0 aliphatic heterocycles. The fourth-order valence-electron chi connectivity index (χ4n) is 2.54. The Kier molecular flexibility index (Phi) is 5.03. The number of carboxylic acid groups (broad SMARTS) is 1. The maximum absolute atomic E-state index is 14.0. The van der Waals surface area contributed by atoms with Crippen molar-refractivity contribution in [2.75, 3.05) is 5.32 Å². The molecule has 0 spiro atoms. The molecule has 1 fully saturated rings. The second-order valence-corrected chi connectivity index (χ2v) is 5.73. The fourth-order valence-corrected chi connectivity index (χ4v) is 2.72. The Labute approximate surface area is 132 Å². The van der Waals surface area contributed by atoms with Crippen LogP contribution < -0.4 is 10.6 Å². The highest BCUT2D eigenvalue weighted by atomic mass is 35.5. The van der Waals surface area contributed by atoms with E-state index in [4.69, 9.17) is 22.0 Å². The van der Waals surface area contributed by atoms with Gasteiger partial charge >= 0.3 is 6.09 Å². The third kappa shape index (κ3) is 3.57. The molecule has 0 saturated heterocycles. The molecule has 2 atom stereocenters. The second-order valence-electron chi connectivity index (χ2n) is 5.37. The number of nitrogens with zero attached hydrogens (tertiary/aromatic N) is 2. The van der Waals surface area contributed by atoms with Crippen molar-refractivity contribution < 1.29 is 14.3 Å². The van der Waals surface area contributed by atoms with Crippen LogP contribution in [-0.4, -0.2) is 28.3 Å². The highest BCUT2D eigenvalue weighted by molar-refractivity contribution is 6.30. The van der Waals surface area contributed by atoms with E-state index in [9.17, 15) is 9.18 Å². The zero-order valence-electron chi connectivity index (χ0n) is 11.9. The minimum atomic E-state index is -1.13. The summed E-state index contributed by atoms with van der Waals surface area (Å²) in [7, 11) is 0. The van der Waals surface area contributed by atoms with E-state index in [1.165, 1.54) is 0 Å². The highest BCUT2D eigenvalue weighted by Gasteiger charge is 2.33. The van der Waals surface area contributed by atoms with Gasteiger partial charge < -0.3 is 15.7 Å². The molecule has 1 aliphatic rings. The Morgan fingerprint density at radius 3 is 2.82 bits per heavy atom. The molecular weight excluding hydrogens is 311 g/mol. The van der Waals surface area contributed by atoms with Gasteiger partial charge in [-0.25, -0.2) is 14.2 Å². The van der Waals surface area contributed by atoms with Gasteiger partial charge in [-0.15, -0.1) is 0 Å². The number of aromatic nitrogens is 1. The van der Waals surface area contributed by atoms with Gasteiger partial charge in [0.1, 0.15) is 11.2 Å². The van der Waals surface area contributed by atoms with E-state index < -0.39 is 18.0 Å². The summed E-state index contributed by atoms with van der Waals surface area (Å²) < 4.78 is 14.0. The summed E-state index contributed by atoms with van der Waals surface area (Å²) in [6, 6.07) is 2.06. The minimum Gasteiger partial charge on any atom is -0.465 e. The number of anilines is 1. The van der Waals surface area contributed by atoms with Crippen molar-refractivity contribution in [1.82, 2.24) is 10.3 Å². The van der Waals surface area contributed by atoms with Crippen LogP contribution in [-0.2, 0) is 0 Å². The SMILES string of the molecule is C[C@H](NC(=O)O)[C@H](Nc1nc(Cl)c(C#N)cc1F)C1CCC1. The van der Waals surface area contributed by atoms with E-state index in [1.807, 2.05) is 0 Å². The van der Waals surface area contributed by atoms with E-state index >= 15 is 0 Å². The lowest BCUT2D eigenvalue weighted by atomic mass is 9.77. The zero-order chi connectivity index (χ0) is 16.3. The Hall–Kier alpha value is -2.07. The predicted molar refractivity (Wildman–Crippen MR) is 79.3 cm³/mol. The summed E-state index contributed by atoms with van der Waals surface area (Å²) in [5.74, 6) is -0.523. The molecule has 6 nitrogen and oxygen atoms in total. The molecular formula is C14H16ClFN4O2. The van der Waals surface area contributed by atoms with Crippen molar-refractivity contribution in [2.45, 2.75) is 38.3 Å². The van der Waals surface area contributed by atoms with E-state index in [2.05, 4.69) is 15.6 Å². The number of nitriles is 1. The summed E-state index contributed by atoms with van der Waals surface area (Å²) >= 11 is 5.83. The van der Waals surface area contributed by atoms with Crippen molar-refractivity contribution in [3.8, 4) is 6.07 Å². The van der Waals surface area contributed by atoms with E-state index in [-0.39, 0.29) is 28.5 Å². The molecule has 1 saturated carbocycles. The monoisotopic (exact) mass is 326 g/mol. The maximum atomic E-state index is 14.0. The number of rotatable bonds is 5. The van der Waals surface area contributed by atoms with Crippen molar-refractivity contribution in [1.29, 1.82) is 5.26 Å². The van der Waals surface area contributed by atoms with Gasteiger partial charge in [-0.2, -0.15) is 5.26 Å². The van der Waals surface area contributed by atoms with Gasteiger partial charge in [0.2, 0.25) is 0 Å². The first-order valence-electron chi connectivity index (χ1n) is 6.94. The normalized spacial score (nSPS) is 17.0. The molecule has 1 amide bonds. The molecule has 0 radical (unpaired) electrons. The first kappa shape index (κ1) is 16.3. The quantitative estimate of drug-likeness (QED) is 0.722. The minimum absolute atomic E-state index is 0.0402. The molecule has 0 aromatic carbocycles. The molecule has 22 heavy (non-hydrogen) atoms. The average Bonchev–Trinajstić information content (AvgIpc) is 2.38. The summed E-state index contributed by atoms with van der Waals surface area (Å²) in [4.78, 5) is 14.7. The van der Waals surface area contributed by atoms with Gasteiger partial charge in [-0.3, -0.25) is 0 Å². The van der Waals surface area contributed by atoms with Gasteiger partial charge in [0.15, 0.2) is 11.6 Å². The molecule has 1 heterocycles. The summed E-state index contributed by atoms with van der Waals surface area (Å²) in [5.41, 5.74) is -0.0402. The standard InChI is InChI=1S/C14H16ClFN4O2/c1-7(18-14(21)22)11(8-3-2-4-8)19-13-10(16)5-9(6-17)12(15)20-13/h5,7-8,11,18H,2-4H2,1H3,(H,19,20)(H,21,22)/t7-,11-/m0/s1. The third-order valence-electron chi connectivity index (χ3n) is 3.90. The van der Waals surface area contributed by atoms with Crippen LogP contribution in [0.25, 0.3) is 0 Å². The Bertz CT molecular complexity index is 616. The Morgan fingerprint density at radius 1 is 1.64 bits per heavy atom. The maximum Gasteiger partial charge on any atom is 0.404 e. The van der Waals surface area contributed by atoms with Crippen molar-refractivity contribution in [2.24, 2.45) is 5.92 Å². The van der Waals surface area contributed by atoms with Crippen LogP contribution in [0, 0.1) is 23.1 Å². The third-order valence-corrected chi connectivity index (χ3v) is 4.19. The molecule has 118 valence electrons. The molecule has 2 rings (SSSR count). The van der Waals surface area contributed by atoms with Gasteiger partial charge in [-0.1, -0.05) is 18.0 Å². The fraction of sp³-hybridized carbons (Fsp3) is 0.500. The van der Waals surface area contributed by atoms with Crippen LogP contribution in [0.1, 0.15) is 31.7 Å². The van der Waals surface area contributed by atoms with Crippen LogP contribution in [0.3, 0.4) is 0 Å². The molecule has 3 N–H and O–H groups in total. The van der Waals surface area contributed by atoms with E-state index in [1.54, 1.807) is 13.0 Å². The van der Waals surface area contributed by atoms with Crippen molar-refractivity contribution in [3.63, 3.8) is 0 Å². The lowest BCUT2D eigenvalue weighted by Gasteiger charge is -2.38. The number of hydrogen-bond acceptors (Lipinski definition) is 4. The number of hydrogen-bond donors (Lipinski definition) is 3. The lowest BCUT2D eigenvalue weighted by molar-refractivity contribution is 0.180.